The summed E-state index contributed by atoms with van der Waals surface area (Å²) < 4.78 is 5.92. The second-order valence-corrected chi connectivity index (χ2v) is 4.86. The van der Waals surface area contributed by atoms with E-state index in [-0.39, 0.29) is 6.42 Å². The maximum atomic E-state index is 11.2. The summed E-state index contributed by atoms with van der Waals surface area (Å²) in [4.78, 5) is 9.94. The van der Waals surface area contributed by atoms with Crippen molar-refractivity contribution >= 4 is 0 Å². The van der Waals surface area contributed by atoms with Crippen LogP contribution in [-0.2, 0) is 15.4 Å². The molecule has 110 valence electrons. The Morgan fingerprint density at radius 1 is 1.14 bits per heavy atom. The van der Waals surface area contributed by atoms with Crippen LogP contribution in [0.25, 0.3) is 0 Å². The van der Waals surface area contributed by atoms with E-state index >= 15 is 0 Å². The summed E-state index contributed by atoms with van der Waals surface area (Å²) >= 11 is 0. The molecule has 4 rings (SSSR count). The zero-order valence-corrected chi connectivity index (χ0v) is 11.0. The van der Waals surface area contributed by atoms with Gasteiger partial charge in [-0.2, -0.15) is 0 Å². The Bertz CT molecular complexity index is 608. The highest BCUT2D eigenvalue weighted by atomic mass is 16.7. The molecule has 2 unspecified atom stereocenters. The predicted octanol–water partition coefficient (Wildman–Crippen LogP) is 0.386. The molecule has 8 nitrogen and oxygen atoms in total. The van der Waals surface area contributed by atoms with Gasteiger partial charge < -0.3 is 19.5 Å². The van der Waals surface area contributed by atoms with E-state index < -0.39 is 12.0 Å². The summed E-state index contributed by atoms with van der Waals surface area (Å²) in [6.45, 7) is 0. The molecule has 2 atom stereocenters. The molecule has 3 aliphatic heterocycles. The molecule has 0 aromatic heterocycles. The van der Waals surface area contributed by atoms with Gasteiger partial charge in [0.2, 0.25) is 0 Å². The minimum Gasteiger partial charge on any atom is -0.468 e. The van der Waals surface area contributed by atoms with Gasteiger partial charge in [0, 0.05) is 5.56 Å². The average molecular weight is 290 g/mol. The van der Waals surface area contributed by atoms with Gasteiger partial charge in [0.25, 0.3) is 0 Å². The van der Waals surface area contributed by atoms with Crippen molar-refractivity contribution in [3.63, 3.8) is 0 Å². The molecule has 0 radical (unpaired) electrons. The molecular formula is C13H14N4O4. The topological polar surface area (TPSA) is 78.5 Å². The number of para-hydroxylation sites is 1. The van der Waals surface area contributed by atoms with Crippen molar-refractivity contribution in [2.45, 2.75) is 18.4 Å². The quantitative estimate of drug-likeness (QED) is 0.722. The number of hydrogen-bond acceptors (Lipinski definition) is 8. The molecule has 3 aliphatic rings. The van der Waals surface area contributed by atoms with Crippen LogP contribution in [0, 0.1) is 0 Å². The van der Waals surface area contributed by atoms with Crippen molar-refractivity contribution in [1.29, 1.82) is 0 Å². The molecule has 0 bridgehead atoms. The van der Waals surface area contributed by atoms with Crippen molar-refractivity contribution in [3.05, 3.63) is 54.8 Å². The van der Waals surface area contributed by atoms with Crippen LogP contribution in [0.4, 0.5) is 0 Å². The molecule has 0 saturated heterocycles. The molecule has 1 aromatic carbocycles. The lowest BCUT2D eigenvalue weighted by molar-refractivity contribution is -0.202. The van der Waals surface area contributed by atoms with Crippen molar-refractivity contribution in [2.24, 2.45) is 0 Å². The van der Waals surface area contributed by atoms with Gasteiger partial charge in [-0.3, -0.25) is 0 Å². The van der Waals surface area contributed by atoms with Crippen molar-refractivity contribution in [2.75, 3.05) is 0 Å². The lowest BCUT2D eigenvalue weighted by Gasteiger charge is -2.44. The molecular weight excluding hydrogens is 276 g/mol. The van der Waals surface area contributed by atoms with E-state index in [2.05, 4.69) is 11.2 Å². The molecule has 3 heterocycles. The van der Waals surface area contributed by atoms with Crippen molar-refractivity contribution < 1.29 is 19.5 Å². The van der Waals surface area contributed by atoms with Crippen LogP contribution in [0.15, 0.2) is 49.2 Å². The Morgan fingerprint density at radius 2 is 1.95 bits per heavy atom. The molecule has 3 N–H and O–H groups in total. The van der Waals surface area contributed by atoms with Crippen LogP contribution in [0.1, 0.15) is 12.0 Å². The third kappa shape index (κ3) is 1.88. The fraction of sp³-hybridized carbons (Fsp3) is 0.231. The molecule has 0 fully saturated rings. The van der Waals surface area contributed by atoms with E-state index in [9.17, 15) is 5.11 Å². The normalized spacial score (nSPS) is 29.9. The Morgan fingerprint density at radius 3 is 2.71 bits per heavy atom. The molecule has 0 aliphatic carbocycles. The summed E-state index contributed by atoms with van der Waals surface area (Å²) in [5, 5.41) is 14.3. The predicted molar refractivity (Wildman–Crippen MR) is 69.8 cm³/mol. The van der Waals surface area contributed by atoms with Gasteiger partial charge in [-0.1, -0.05) is 29.4 Å². The van der Waals surface area contributed by atoms with Crippen LogP contribution in [0.3, 0.4) is 0 Å². The zero-order chi connectivity index (χ0) is 14.3. The second kappa shape index (κ2) is 4.55. The lowest BCUT2D eigenvalue weighted by Crippen LogP contribution is -2.56. The number of benzene rings is 1. The van der Waals surface area contributed by atoms with E-state index in [1.807, 2.05) is 24.3 Å². The van der Waals surface area contributed by atoms with Gasteiger partial charge in [-0.25, -0.2) is 10.0 Å². The SMILES string of the molecule is OC1(N2C=CON2)CC(N2C=CON2)Oc2ccccc21. The first-order chi connectivity index (χ1) is 10.3. The molecule has 0 amide bonds. The highest BCUT2D eigenvalue weighted by Crippen LogP contribution is 2.42. The fourth-order valence-corrected chi connectivity index (χ4v) is 2.61. The number of nitrogens with one attached hydrogen (secondary N) is 2. The first kappa shape index (κ1) is 12.3. The standard InChI is InChI=1S/C13H14N4O4/c18-13(17-6-8-20-15-17)9-12(16-5-7-19-14-16)21-11-4-2-1-3-10(11)13/h1-8,12,14-15,18H,9H2. The van der Waals surface area contributed by atoms with E-state index in [1.54, 1.807) is 17.4 Å². The Kier molecular flexibility index (Phi) is 2.67. The molecule has 1 aromatic rings. The van der Waals surface area contributed by atoms with E-state index in [0.717, 1.165) is 0 Å². The van der Waals surface area contributed by atoms with Crippen molar-refractivity contribution in [1.82, 2.24) is 21.2 Å². The minimum atomic E-state index is -1.31. The van der Waals surface area contributed by atoms with Crippen LogP contribution < -0.4 is 15.9 Å². The van der Waals surface area contributed by atoms with Crippen LogP contribution in [0.2, 0.25) is 0 Å². The van der Waals surface area contributed by atoms with Gasteiger partial charge >= 0.3 is 0 Å². The Balaban J connectivity index is 1.73. The third-order valence-corrected chi connectivity index (χ3v) is 3.63. The number of nitrogens with zero attached hydrogens (tertiary/aromatic N) is 2. The summed E-state index contributed by atoms with van der Waals surface area (Å²) in [7, 11) is 0. The number of hydrazine groups is 2. The van der Waals surface area contributed by atoms with Gasteiger partial charge in [0.15, 0.2) is 12.0 Å². The molecule has 8 heteroatoms. The Hall–Kier alpha value is -2.42. The van der Waals surface area contributed by atoms with E-state index in [4.69, 9.17) is 14.4 Å². The number of rotatable bonds is 2. The Labute approximate surface area is 120 Å². The number of fused-ring (bicyclic) bond motifs is 1. The molecule has 0 saturated carbocycles. The summed E-state index contributed by atoms with van der Waals surface area (Å²) in [5.74, 6) is 0.598. The fourth-order valence-electron chi connectivity index (χ4n) is 2.61. The van der Waals surface area contributed by atoms with Crippen LogP contribution in [-0.4, -0.2) is 21.4 Å². The van der Waals surface area contributed by atoms with Gasteiger partial charge in [-0.15, -0.1) is 0 Å². The molecule has 21 heavy (non-hydrogen) atoms. The maximum Gasteiger partial charge on any atom is 0.193 e. The number of hydrogen-bond donors (Lipinski definition) is 3. The van der Waals surface area contributed by atoms with Crippen molar-refractivity contribution in [3.8, 4) is 5.75 Å². The van der Waals surface area contributed by atoms with Crippen LogP contribution in [0.5, 0.6) is 5.75 Å². The number of ether oxygens (including phenoxy) is 1. The maximum absolute atomic E-state index is 11.2. The summed E-state index contributed by atoms with van der Waals surface area (Å²) in [6.07, 6.45) is 6.11. The van der Waals surface area contributed by atoms with Gasteiger partial charge in [-0.05, 0) is 6.07 Å². The van der Waals surface area contributed by atoms with E-state index in [0.29, 0.717) is 11.3 Å². The molecule has 0 spiro atoms. The smallest absolute Gasteiger partial charge is 0.193 e. The summed E-state index contributed by atoms with van der Waals surface area (Å²) in [6, 6.07) is 7.34. The first-order valence-electron chi connectivity index (χ1n) is 6.49. The largest absolute Gasteiger partial charge is 0.468 e. The zero-order valence-electron chi connectivity index (χ0n) is 11.0. The average Bonchev–Trinajstić information content (AvgIpc) is 3.21. The minimum absolute atomic E-state index is 0.269. The van der Waals surface area contributed by atoms with Crippen LogP contribution >= 0.6 is 0 Å². The summed E-state index contributed by atoms with van der Waals surface area (Å²) in [5.41, 5.74) is 4.68. The van der Waals surface area contributed by atoms with Gasteiger partial charge in [0.05, 0.1) is 18.8 Å². The number of aliphatic hydroxyl groups is 1. The first-order valence-corrected chi connectivity index (χ1v) is 6.49. The third-order valence-electron chi connectivity index (χ3n) is 3.63. The van der Waals surface area contributed by atoms with E-state index in [1.165, 1.54) is 17.5 Å². The second-order valence-electron chi connectivity index (χ2n) is 4.86. The monoisotopic (exact) mass is 290 g/mol. The van der Waals surface area contributed by atoms with Gasteiger partial charge in [0.1, 0.15) is 18.3 Å². The lowest BCUT2D eigenvalue weighted by atomic mass is 9.94. The highest BCUT2D eigenvalue weighted by molar-refractivity contribution is 5.40. The highest BCUT2D eigenvalue weighted by Gasteiger charge is 2.47.